The highest BCUT2D eigenvalue weighted by Gasteiger charge is 2.08. The lowest BCUT2D eigenvalue weighted by atomic mass is 10.1. The van der Waals surface area contributed by atoms with E-state index in [9.17, 15) is 0 Å². The summed E-state index contributed by atoms with van der Waals surface area (Å²) < 4.78 is 0. The van der Waals surface area contributed by atoms with Crippen LogP contribution >= 0.6 is 11.6 Å². The van der Waals surface area contributed by atoms with Crippen LogP contribution in [0.15, 0.2) is 18.2 Å². The van der Waals surface area contributed by atoms with Gasteiger partial charge in [-0.15, -0.1) is 0 Å². The number of para-hydroxylation sites is 1. The van der Waals surface area contributed by atoms with E-state index >= 15 is 0 Å². The van der Waals surface area contributed by atoms with Crippen molar-refractivity contribution in [1.82, 2.24) is 15.3 Å². The predicted octanol–water partition coefficient (Wildman–Crippen LogP) is 1.63. The zero-order valence-electron chi connectivity index (χ0n) is 9.00. The minimum atomic E-state index is 0.270. The average molecular weight is 237 g/mol. The zero-order chi connectivity index (χ0) is 11.5. The summed E-state index contributed by atoms with van der Waals surface area (Å²) >= 11 is 6.07. The molecule has 3 N–H and O–H groups in total. The third-order valence-electron chi connectivity index (χ3n) is 2.39. The first-order valence-corrected chi connectivity index (χ1v) is 5.45. The molecule has 0 amide bonds. The number of benzene rings is 1. The van der Waals surface area contributed by atoms with Crippen LogP contribution in [0, 0.1) is 0 Å². The summed E-state index contributed by atoms with van der Waals surface area (Å²) in [7, 11) is 1.90. The van der Waals surface area contributed by atoms with Crippen molar-refractivity contribution in [2.45, 2.75) is 6.42 Å². The molecule has 0 saturated heterocycles. The first-order chi connectivity index (χ1) is 7.72. The number of nitrogens with zero attached hydrogens (tertiary/aromatic N) is 2. The number of nitrogens with two attached hydrogens (primary N) is 1. The second-order valence-electron chi connectivity index (χ2n) is 3.52. The SMILES string of the molecule is CNCCc1nc(N)nc2c(Cl)cccc12. The third kappa shape index (κ3) is 2.08. The molecule has 0 fully saturated rings. The van der Waals surface area contributed by atoms with E-state index in [4.69, 9.17) is 17.3 Å². The van der Waals surface area contributed by atoms with Gasteiger partial charge in [0.15, 0.2) is 0 Å². The molecule has 0 atom stereocenters. The monoisotopic (exact) mass is 236 g/mol. The Morgan fingerprint density at radius 2 is 2.19 bits per heavy atom. The van der Waals surface area contributed by atoms with Crippen LogP contribution in [0.1, 0.15) is 5.69 Å². The molecule has 0 aliphatic carbocycles. The van der Waals surface area contributed by atoms with Crippen molar-refractivity contribution in [2.75, 3.05) is 19.3 Å². The van der Waals surface area contributed by atoms with Crippen LogP contribution in [0.2, 0.25) is 5.02 Å². The van der Waals surface area contributed by atoms with Gasteiger partial charge in [-0.3, -0.25) is 0 Å². The molecule has 5 heteroatoms. The Bertz CT molecular complexity index is 513. The Kier molecular flexibility index (Phi) is 3.22. The van der Waals surface area contributed by atoms with Gasteiger partial charge in [0.2, 0.25) is 5.95 Å². The highest BCUT2D eigenvalue weighted by atomic mass is 35.5. The number of nitrogens with one attached hydrogen (secondary N) is 1. The number of rotatable bonds is 3. The minimum absolute atomic E-state index is 0.270. The zero-order valence-corrected chi connectivity index (χ0v) is 9.75. The van der Waals surface area contributed by atoms with Crippen molar-refractivity contribution >= 4 is 28.5 Å². The predicted molar refractivity (Wildman–Crippen MR) is 66.6 cm³/mol. The average Bonchev–Trinajstić information content (AvgIpc) is 2.27. The molecule has 0 bridgehead atoms. The maximum absolute atomic E-state index is 6.07. The van der Waals surface area contributed by atoms with Gasteiger partial charge in [-0.2, -0.15) is 0 Å². The highest BCUT2D eigenvalue weighted by molar-refractivity contribution is 6.35. The fraction of sp³-hybridized carbons (Fsp3) is 0.273. The first kappa shape index (κ1) is 11.1. The van der Waals surface area contributed by atoms with Gasteiger partial charge in [-0.1, -0.05) is 23.7 Å². The molecular formula is C11H13ClN4. The van der Waals surface area contributed by atoms with Gasteiger partial charge in [0.05, 0.1) is 16.2 Å². The molecule has 4 nitrogen and oxygen atoms in total. The van der Waals surface area contributed by atoms with Crippen molar-refractivity contribution in [2.24, 2.45) is 0 Å². The number of hydrogen-bond donors (Lipinski definition) is 2. The number of nitrogen functional groups attached to an aromatic ring is 1. The molecule has 1 aromatic heterocycles. The van der Waals surface area contributed by atoms with Crippen LogP contribution in [-0.4, -0.2) is 23.6 Å². The van der Waals surface area contributed by atoms with Gasteiger partial charge in [0.1, 0.15) is 0 Å². The Morgan fingerprint density at radius 1 is 1.38 bits per heavy atom. The Labute approximate surface area is 98.8 Å². The number of hydrogen-bond acceptors (Lipinski definition) is 4. The van der Waals surface area contributed by atoms with Gasteiger partial charge in [-0.05, 0) is 13.1 Å². The molecule has 0 aliphatic rings. The largest absolute Gasteiger partial charge is 0.368 e. The quantitative estimate of drug-likeness (QED) is 0.850. The third-order valence-corrected chi connectivity index (χ3v) is 2.69. The van der Waals surface area contributed by atoms with Crippen molar-refractivity contribution < 1.29 is 0 Å². The number of halogens is 1. The lowest BCUT2D eigenvalue weighted by Crippen LogP contribution is -2.12. The number of aromatic nitrogens is 2. The smallest absolute Gasteiger partial charge is 0.220 e. The summed E-state index contributed by atoms with van der Waals surface area (Å²) in [6, 6.07) is 5.66. The van der Waals surface area contributed by atoms with E-state index in [0.29, 0.717) is 5.02 Å². The first-order valence-electron chi connectivity index (χ1n) is 5.07. The number of fused-ring (bicyclic) bond motifs is 1. The molecule has 0 unspecified atom stereocenters. The Balaban J connectivity index is 2.59. The molecule has 84 valence electrons. The minimum Gasteiger partial charge on any atom is -0.368 e. The number of anilines is 1. The van der Waals surface area contributed by atoms with E-state index in [1.165, 1.54) is 0 Å². The lowest BCUT2D eigenvalue weighted by Gasteiger charge is -2.07. The maximum Gasteiger partial charge on any atom is 0.220 e. The van der Waals surface area contributed by atoms with Crippen molar-refractivity contribution in [1.29, 1.82) is 0 Å². The van der Waals surface area contributed by atoms with Gasteiger partial charge < -0.3 is 11.1 Å². The van der Waals surface area contributed by atoms with Crippen LogP contribution in [0.4, 0.5) is 5.95 Å². The van der Waals surface area contributed by atoms with Crippen LogP contribution in [0.3, 0.4) is 0 Å². The second-order valence-corrected chi connectivity index (χ2v) is 3.93. The van der Waals surface area contributed by atoms with Crippen LogP contribution in [0.5, 0.6) is 0 Å². The molecule has 2 aromatic rings. The molecule has 16 heavy (non-hydrogen) atoms. The number of likely N-dealkylation sites (N-methyl/N-ethyl adjacent to an activating group) is 1. The molecule has 0 spiro atoms. The van der Waals surface area contributed by atoms with Crippen molar-refractivity contribution in [3.8, 4) is 0 Å². The van der Waals surface area contributed by atoms with Gasteiger partial charge in [-0.25, -0.2) is 9.97 Å². The Hall–Kier alpha value is -1.39. The second kappa shape index (κ2) is 4.63. The van der Waals surface area contributed by atoms with Crippen LogP contribution in [-0.2, 0) is 6.42 Å². The van der Waals surface area contributed by atoms with Crippen molar-refractivity contribution in [3.05, 3.63) is 28.9 Å². The molecule has 2 rings (SSSR count). The summed E-state index contributed by atoms with van der Waals surface area (Å²) in [4.78, 5) is 8.41. The van der Waals surface area contributed by atoms with Crippen LogP contribution < -0.4 is 11.1 Å². The normalized spacial score (nSPS) is 10.9. The summed E-state index contributed by atoms with van der Waals surface area (Å²) in [5.41, 5.74) is 7.32. The summed E-state index contributed by atoms with van der Waals surface area (Å²) in [5, 5.41) is 4.66. The van der Waals surface area contributed by atoms with E-state index < -0.39 is 0 Å². The van der Waals surface area contributed by atoms with Gasteiger partial charge in [0, 0.05) is 18.4 Å². The standard InChI is InChI=1S/C11H13ClN4/c1-14-6-5-9-7-3-2-4-8(12)10(7)16-11(13)15-9/h2-4,14H,5-6H2,1H3,(H2,13,15,16). The Morgan fingerprint density at radius 3 is 2.94 bits per heavy atom. The maximum atomic E-state index is 6.07. The van der Waals surface area contributed by atoms with E-state index in [1.807, 2.05) is 19.2 Å². The molecule has 0 radical (unpaired) electrons. The molecule has 0 saturated carbocycles. The summed E-state index contributed by atoms with van der Waals surface area (Å²) in [6.45, 7) is 0.845. The van der Waals surface area contributed by atoms with Gasteiger partial charge in [0.25, 0.3) is 0 Å². The highest BCUT2D eigenvalue weighted by Crippen LogP contribution is 2.24. The van der Waals surface area contributed by atoms with Gasteiger partial charge >= 0.3 is 0 Å². The summed E-state index contributed by atoms with van der Waals surface area (Å²) in [6.07, 6.45) is 0.806. The van der Waals surface area contributed by atoms with Crippen LogP contribution in [0.25, 0.3) is 10.9 Å². The molecule has 1 heterocycles. The fourth-order valence-electron chi connectivity index (χ4n) is 1.63. The van der Waals surface area contributed by atoms with E-state index in [2.05, 4.69) is 15.3 Å². The fourth-order valence-corrected chi connectivity index (χ4v) is 1.85. The summed E-state index contributed by atoms with van der Waals surface area (Å²) in [5.74, 6) is 0.270. The van der Waals surface area contributed by atoms with E-state index in [1.54, 1.807) is 6.07 Å². The van der Waals surface area contributed by atoms with Crippen molar-refractivity contribution in [3.63, 3.8) is 0 Å². The molecule has 1 aromatic carbocycles. The molecular weight excluding hydrogens is 224 g/mol. The van der Waals surface area contributed by atoms with E-state index in [-0.39, 0.29) is 5.95 Å². The lowest BCUT2D eigenvalue weighted by molar-refractivity contribution is 0.780. The van der Waals surface area contributed by atoms with E-state index in [0.717, 1.165) is 29.6 Å². The molecule has 0 aliphatic heterocycles. The topological polar surface area (TPSA) is 63.8 Å².